The minimum atomic E-state index is -3.83. The standard InChI is InChI=1S/C4H8O3S2/c1-2-3-4-8-9(5,6)7/h2H,1,3-4H2,(H,5,6,7). The third-order valence-corrected chi connectivity index (χ3v) is 2.65. The van der Waals surface area contributed by atoms with Crippen LogP contribution in [-0.4, -0.2) is 18.7 Å². The lowest BCUT2D eigenvalue weighted by Crippen LogP contribution is -1.90. The highest BCUT2D eigenvalue weighted by atomic mass is 33.1. The summed E-state index contributed by atoms with van der Waals surface area (Å²) in [5.74, 6) is 0.363. The molecule has 0 aromatic carbocycles. The van der Waals surface area contributed by atoms with Crippen molar-refractivity contribution in [2.24, 2.45) is 0 Å². The van der Waals surface area contributed by atoms with Crippen molar-refractivity contribution in [1.82, 2.24) is 0 Å². The Balaban J connectivity index is 3.40. The Morgan fingerprint density at radius 3 is 2.56 bits per heavy atom. The van der Waals surface area contributed by atoms with Gasteiger partial charge in [-0.2, -0.15) is 8.42 Å². The molecule has 0 heterocycles. The molecule has 0 spiro atoms. The molecule has 0 saturated heterocycles. The van der Waals surface area contributed by atoms with E-state index in [4.69, 9.17) is 4.55 Å². The molecule has 1 N–H and O–H groups in total. The van der Waals surface area contributed by atoms with Crippen molar-refractivity contribution in [3.63, 3.8) is 0 Å². The van der Waals surface area contributed by atoms with Crippen molar-refractivity contribution in [1.29, 1.82) is 0 Å². The van der Waals surface area contributed by atoms with Gasteiger partial charge in [-0.15, -0.1) is 6.58 Å². The second kappa shape index (κ2) is 3.92. The van der Waals surface area contributed by atoms with Crippen LogP contribution in [0.3, 0.4) is 0 Å². The molecule has 0 aliphatic carbocycles. The van der Waals surface area contributed by atoms with Gasteiger partial charge in [-0.1, -0.05) is 6.08 Å². The van der Waals surface area contributed by atoms with E-state index in [0.29, 0.717) is 23.0 Å². The Labute approximate surface area is 58.3 Å². The molecule has 0 rings (SSSR count). The number of hydrogen-bond donors (Lipinski definition) is 1. The van der Waals surface area contributed by atoms with Crippen LogP contribution in [0, 0.1) is 0 Å². The highest BCUT2D eigenvalue weighted by Crippen LogP contribution is 2.09. The molecule has 0 amide bonds. The molecule has 0 bridgehead atoms. The minimum Gasteiger partial charge on any atom is -0.277 e. The maximum absolute atomic E-state index is 9.99. The summed E-state index contributed by atoms with van der Waals surface area (Å²) in [6.07, 6.45) is 2.18. The SMILES string of the molecule is C=CCCSS(=O)(=O)O. The summed E-state index contributed by atoms with van der Waals surface area (Å²) in [6.45, 7) is 3.39. The monoisotopic (exact) mass is 168 g/mol. The molecule has 0 aliphatic rings. The van der Waals surface area contributed by atoms with E-state index in [1.807, 2.05) is 0 Å². The Bertz CT molecular complexity index is 170. The molecule has 0 aliphatic heterocycles. The Morgan fingerprint density at radius 1 is 1.67 bits per heavy atom. The van der Waals surface area contributed by atoms with Crippen molar-refractivity contribution < 1.29 is 13.0 Å². The van der Waals surface area contributed by atoms with Crippen LogP contribution >= 0.6 is 10.8 Å². The van der Waals surface area contributed by atoms with Gasteiger partial charge in [0.25, 0.3) is 0 Å². The normalized spacial score (nSPS) is 11.2. The van der Waals surface area contributed by atoms with Crippen LogP contribution in [0.25, 0.3) is 0 Å². The van der Waals surface area contributed by atoms with Crippen LogP contribution in [0.4, 0.5) is 0 Å². The lowest BCUT2D eigenvalue weighted by atomic mass is 10.5. The van der Waals surface area contributed by atoms with Crippen LogP contribution in [0.1, 0.15) is 6.42 Å². The first kappa shape index (κ1) is 9.00. The summed E-state index contributed by atoms with van der Waals surface area (Å²) < 4.78 is 28.1. The van der Waals surface area contributed by atoms with Crippen molar-refractivity contribution >= 4 is 19.9 Å². The zero-order chi connectivity index (χ0) is 7.33. The molecule has 9 heavy (non-hydrogen) atoms. The van der Waals surface area contributed by atoms with Crippen molar-refractivity contribution in [2.75, 3.05) is 5.75 Å². The van der Waals surface area contributed by atoms with Crippen LogP contribution < -0.4 is 0 Å². The lowest BCUT2D eigenvalue weighted by Gasteiger charge is -1.90. The predicted octanol–water partition coefficient (Wildman–Crippen LogP) is 1.10. The van der Waals surface area contributed by atoms with E-state index in [1.165, 1.54) is 0 Å². The average Bonchev–Trinajstić information content (AvgIpc) is 1.63. The Hall–Kier alpha value is -0.0000000000000000763. The van der Waals surface area contributed by atoms with Crippen LogP contribution in [0.5, 0.6) is 0 Å². The van der Waals surface area contributed by atoms with Gasteiger partial charge >= 0.3 is 9.15 Å². The van der Waals surface area contributed by atoms with E-state index in [1.54, 1.807) is 6.08 Å². The zero-order valence-electron chi connectivity index (χ0n) is 4.78. The van der Waals surface area contributed by atoms with Crippen LogP contribution in [0.2, 0.25) is 0 Å². The smallest absolute Gasteiger partial charge is 0.277 e. The summed E-state index contributed by atoms with van der Waals surface area (Å²) in [5, 5.41) is 0. The summed E-state index contributed by atoms with van der Waals surface area (Å²) in [6, 6.07) is 0. The van der Waals surface area contributed by atoms with E-state index in [0.717, 1.165) is 0 Å². The first-order valence-corrected chi connectivity index (χ1v) is 5.23. The third-order valence-electron chi connectivity index (χ3n) is 0.554. The molecular formula is C4H8O3S2. The first-order valence-electron chi connectivity index (χ1n) is 2.29. The third kappa shape index (κ3) is 8.00. The van der Waals surface area contributed by atoms with Gasteiger partial charge in [0.2, 0.25) is 0 Å². The van der Waals surface area contributed by atoms with E-state index in [-0.39, 0.29) is 0 Å². The number of hydrogen-bond acceptors (Lipinski definition) is 3. The van der Waals surface area contributed by atoms with E-state index < -0.39 is 9.15 Å². The zero-order valence-corrected chi connectivity index (χ0v) is 6.41. The summed E-state index contributed by atoms with van der Waals surface area (Å²) in [7, 11) is -3.31. The maximum atomic E-state index is 9.99. The highest BCUT2D eigenvalue weighted by molar-refractivity contribution is 8.69. The van der Waals surface area contributed by atoms with E-state index >= 15 is 0 Å². The van der Waals surface area contributed by atoms with Gasteiger partial charge in [0.15, 0.2) is 0 Å². The summed E-state index contributed by atoms with van der Waals surface area (Å²) >= 11 is 0. The van der Waals surface area contributed by atoms with E-state index in [9.17, 15) is 8.42 Å². The fourth-order valence-corrected chi connectivity index (χ4v) is 1.63. The van der Waals surface area contributed by atoms with Gasteiger partial charge in [0.1, 0.15) is 0 Å². The van der Waals surface area contributed by atoms with Gasteiger partial charge in [0.05, 0.1) is 0 Å². The largest absolute Gasteiger partial charge is 0.319 e. The molecule has 3 nitrogen and oxygen atoms in total. The van der Waals surface area contributed by atoms with Gasteiger partial charge in [0, 0.05) is 5.75 Å². The molecule has 0 atom stereocenters. The van der Waals surface area contributed by atoms with Crippen LogP contribution in [0.15, 0.2) is 12.7 Å². The second-order valence-electron chi connectivity index (χ2n) is 1.33. The Kier molecular flexibility index (Phi) is 3.92. The molecule has 0 radical (unpaired) electrons. The van der Waals surface area contributed by atoms with Gasteiger partial charge in [-0.05, 0) is 17.2 Å². The fraction of sp³-hybridized carbons (Fsp3) is 0.500. The minimum absolute atomic E-state index is 0.363. The summed E-state index contributed by atoms with van der Waals surface area (Å²) in [4.78, 5) is 0. The molecule has 0 saturated carbocycles. The number of rotatable bonds is 4. The lowest BCUT2D eigenvalue weighted by molar-refractivity contribution is 0.503. The highest BCUT2D eigenvalue weighted by Gasteiger charge is 2.01. The first-order chi connectivity index (χ1) is 4.06. The summed E-state index contributed by atoms with van der Waals surface area (Å²) in [5.41, 5.74) is 0. The average molecular weight is 168 g/mol. The molecule has 0 aromatic rings. The van der Waals surface area contributed by atoms with E-state index in [2.05, 4.69) is 6.58 Å². The number of allylic oxidation sites excluding steroid dienone is 1. The molecular weight excluding hydrogens is 160 g/mol. The molecule has 5 heteroatoms. The van der Waals surface area contributed by atoms with Crippen molar-refractivity contribution in [3.05, 3.63) is 12.7 Å². The molecule has 0 unspecified atom stereocenters. The molecule has 0 aromatic heterocycles. The second-order valence-corrected chi connectivity index (χ2v) is 4.80. The predicted molar refractivity (Wildman–Crippen MR) is 38.8 cm³/mol. The Morgan fingerprint density at radius 2 is 2.22 bits per heavy atom. The van der Waals surface area contributed by atoms with Crippen molar-refractivity contribution in [3.8, 4) is 0 Å². The maximum Gasteiger partial charge on any atom is 0.319 e. The quantitative estimate of drug-likeness (QED) is 0.295. The van der Waals surface area contributed by atoms with Crippen LogP contribution in [-0.2, 0) is 9.15 Å². The molecule has 0 fully saturated rings. The van der Waals surface area contributed by atoms with Gasteiger partial charge in [-0.3, -0.25) is 4.55 Å². The van der Waals surface area contributed by atoms with Gasteiger partial charge < -0.3 is 0 Å². The topological polar surface area (TPSA) is 54.4 Å². The molecule has 54 valence electrons. The van der Waals surface area contributed by atoms with Gasteiger partial charge in [-0.25, -0.2) is 0 Å². The van der Waals surface area contributed by atoms with Crippen molar-refractivity contribution in [2.45, 2.75) is 6.42 Å². The fourth-order valence-electron chi connectivity index (χ4n) is 0.237.